The van der Waals surface area contributed by atoms with E-state index >= 15 is 0 Å². The number of nitrogens with one attached hydrogen (secondary N) is 1. The van der Waals surface area contributed by atoms with E-state index in [0.29, 0.717) is 0 Å². The van der Waals surface area contributed by atoms with Gasteiger partial charge in [-0.15, -0.1) is 0 Å². The van der Waals surface area contributed by atoms with Gasteiger partial charge in [0, 0.05) is 12.2 Å². The molecule has 0 aliphatic carbocycles. The summed E-state index contributed by atoms with van der Waals surface area (Å²) in [4.78, 5) is 4.23. The highest BCUT2D eigenvalue weighted by molar-refractivity contribution is 5.37. The van der Waals surface area contributed by atoms with Crippen molar-refractivity contribution < 1.29 is 0 Å². The van der Waals surface area contributed by atoms with Crippen LogP contribution in [0.3, 0.4) is 0 Å². The Morgan fingerprint density at radius 1 is 1.00 bits per heavy atom. The van der Waals surface area contributed by atoms with E-state index in [0.717, 1.165) is 5.82 Å². The van der Waals surface area contributed by atoms with E-state index in [4.69, 9.17) is 0 Å². The zero-order valence-corrected chi connectivity index (χ0v) is 8.72. The summed E-state index contributed by atoms with van der Waals surface area (Å²) < 4.78 is 0. The molecule has 15 heavy (non-hydrogen) atoms. The van der Waals surface area contributed by atoms with E-state index in [9.17, 15) is 0 Å². The second-order valence-electron chi connectivity index (χ2n) is 3.49. The lowest BCUT2D eigenvalue weighted by Gasteiger charge is -2.14. The summed E-state index contributed by atoms with van der Waals surface area (Å²) in [5.41, 5.74) is 1.27. The van der Waals surface area contributed by atoms with Crippen LogP contribution in [0.2, 0.25) is 0 Å². The molecule has 0 aliphatic heterocycles. The van der Waals surface area contributed by atoms with Crippen LogP contribution in [0, 0.1) is 0 Å². The fourth-order valence-corrected chi connectivity index (χ4v) is 1.50. The van der Waals surface area contributed by atoms with Crippen LogP contribution in [0.15, 0.2) is 54.7 Å². The molecule has 2 aromatic rings. The molecule has 1 N–H and O–H groups in total. The van der Waals surface area contributed by atoms with Gasteiger partial charge in [-0.25, -0.2) is 4.98 Å². The Hall–Kier alpha value is -1.83. The number of anilines is 1. The minimum absolute atomic E-state index is 0.279. The van der Waals surface area contributed by atoms with Crippen LogP contribution >= 0.6 is 0 Å². The molecule has 1 aromatic heterocycles. The van der Waals surface area contributed by atoms with E-state index in [1.54, 1.807) is 6.20 Å². The first kappa shape index (κ1) is 9.71. The van der Waals surface area contributed by atoms with E-state index < -0.39 is 0 Å². The average Bonchev–Trinajstić information content (AvgIpc) is 2.31. The van der Waals surface area contributed by atoms with Crippen LogP contribution in [0.4, 0.5) is 5.82 Å². The Balaban J connectivity index is 2.08. The highest BCUT2D eigenvalue weighted by Crippen LogP contribution is 2.16. The van der Waals surface area contributed by atoms with Crippen molar-refractivity contribution in [3.05, 3.63) is 60.3 Å². The first-order valence-corrected chi connectivity index (χ1v) is 5.09. The molecule has 2 rings (SSSR count). The predicted molar refractivity (Wildman–Crippen MR) is 62.7 cm³/mol. The van der Waals surface area contributed by atoms with Crippen LogP contribution in [0.1, 0.15) is 18.5 Å². The number of aromatic nitrogens is 1. The number of nitrogens with zero attached hydrogens (tertiary/aromatic N) is 1. The molecule has 0 unspecified atom stereocenters. The van der Waals surface area contributed by atoms with Gasteiger partial charge in [-0.2, -0.15) is 0 Å². The SMILES string of the molecule is C[C@H](Nc1ccccn1)c1ccccc1. The van der Waals surface area contributed by atoms with Crippen LogP contribution in [0.25, 0.3) is 0 Å². The Morgan fingerprint density at radius 2 is 1.73 bits per heavy atom. The summed E-state index contributed by atoms with van der Waals surface area (Å²) in [6, 6.07) is 16.5. The molecule has 0 amide bonds. The van der Waals surface area contributed by atoms with Crippen molar-refractivity contribution in [3.8, 4) is 0 Å². The molecule has 0 aliphatic rings. The molecule has 0 spiro atoms. The second kappa shape index (κ2) is 4.60. The van der Waals surface area contributed by atoms with Crippen molar-refractivity contribution >= 4 is 5.82 Å². The third-order valence-electron chi connectivity index (χ3n) is 2.33. The number of pyridine rings is 1. The lowest BCUT2D eigenvalue weighted by atomic mass is 10.1. The third kappa shape index (κ3) is 2.56. The minimum atomic E-state index is 0.279. The van der Waals surface area contributed by atoms with Gasteiger partial charge in [-0.1, -0.05) is 36.4 Å². The summed E-state index contributed by atoms with van der Waals surface area (Å²) in [6.07, 6.45) is 1.79. The van der Waals surface area contributed by atoms with Crippen molar-refractivity contribution in [2.24, 2.45) is 0 Å². The summed E-state index contributed by atoms with van der Waals surface area (Å²) in [6.45, 7) is 2.13. The van der Waals surface area contributed by atoms with Crippen molar-refractivity contribution in [3.63, 3.8) is 0 Å². The lowest BCUT2D eigenvalue weighted by Crippen LogP contribution is -2.07. The zero-order chi connectivity index (χ0) is 10.5. The van der Waals surface area contributed by atoms with E-state index in [2.05, 4.69) is 29.4 Å². The average molecular weight is 198 g/mol. The Bertz CT molecular complexity index is 397. The smallest absolute Gasteiger partial charge is 0.126 e. The lowest BCUT2D eigenvalue weighted by molar-refractivity contribution is 0.875. The predicted octanol–water partition coefficient (Wildman–Crippen LogP) is 3.25. The normalized spacial score (nSPS) is 12.1. The third-order valence-corrected chi connectivity index (χ3v) is 2.33. The fraction of sp³-hybridized carbons (Fsp3) is 0.154. The van der Waals surface area contributed by atoms with Gasteiger partial charge in [-0.3, -0.25) is 0 Å². The maximum Gasteiger partial charge on any atom is 0.126 e. The minimum Gasteiger partial charge on any atom is -0.364 e. The number of hydrogen-bond acceptors (Lipinski definition) is 2. The molecule has 0 radical (unpaired) electrons. The molecule has 76 valence electrons. The van der Waals surface area contributed by atoms with Crippen molar-refractivity contribution in [1.29, 1.82) is 0 Å². The van der Waals surface area contributed by atoms with Gasteiger partial charge in [-0.05, 0) is 24.6 Å². The first-order chi connectivity index (χ1) is 7.36. The monoisotopic (exact) mass is 198 g/mol. The summed E-state index contributed by atoms with van der Waals surface area (Å²) in [5, 5.41) is 3.35. The van der Waals surface area contributed by atoms with Crippen molar-refractivity contribution in [2.75, 3.05) is 5.32 Å². The molecule has 0 saturated carbocycles. The van der Waals surface area contributed by atoms with Gasteiger partial charge in [0.2, 0.25) is 0 Å². The Labute approximate surface area is 90.0 Å². The van der Waals surface area contributed by atoms with E-state index in [1.165, 1.54) is 5.56 Å². The van der Waals surface area contributed by atoms with Gasteiger partial charge in [0.25, 0.3) is 0 Å². The molecule has 2 heteroatoms. The highest BCUT2D eigenvalue weighted by atomic mass is 15.0. The first-order valence-electron chi connectivity index (χ1n) is 5.09. The molecule has 1 atom stereocenters. The summed E-state index contributed by atoms with van der Waals surface area (Å²) >= 11 is 0. The van der Waals surface area contributed by atoms with Gasteiger partial charge in [0.05, 0.1) is 0 Å². The number of rotatable bonds is 3. The van der Waals surface area contributed by atoms with Gasteiger partial charge < -0.3 is 5.32 Å². The van der Waals surface area contributed by atoms with E-state index in [-0.39, 0.29) is 6.04 Å². The Morgan fingerprint density at radius 3 is 2.40 bits per heavy atom. The van der Waals surface area contributed by atoms with Crippen LogP contribution in [0.5, 0.6) is 0 Å². The molecular formula is C13H14N2. The van der Waals surface area contributed by atoms with Gasteiger partial charge in [0.1, 0.15) is 5.82 Å². The van der Waals surface area contributed by atoms with E-state index in [1.807, 2.05) is 36.4 Å². The standard InChI is InChI=1S/C13H14N2/c1-11(12-7-3-2-4-8-12)15-13-9-5-6-10-14-13/h2-11H,1H3,(H,14,15)/t11-/m0/s1. The maximum atomic E-state index is 4.23. The van der Waals surface area contributed by atoms with Crippen molar-refractivity contribution in [2.45, 2.75) is 13.0 Å². The molecule has 0 saturated heterocycles. The summed E-state index contributed by atoms with van der Waals surface area (Å²) in [7, 11) is 0. The number of benzene rings is 1. The van der Waals surface area contributed by atoms with Crippen LogP contribution < -0.4 is 5.32 Å². The fourth-order valence-electron chi connectivity index (χ4n) is 1.50. The largest absolute Gasteiger partial charge is 0.364 e. The van der Waals surface area contributed by atoms with Crippen molar-refractivity contribution in [1.82, 2.24) is 4.98 Å². The molecule has 1 heterocycles. The molecule has 0 bridgehead atoms. The Kier molecular flexibility index (Phi) is 2.98. The topological polar surface area (TPSA) is 24.9 Å². The van der Waals surface area contributed by atoms with Crippen LogP contribution in [-0.2, 0) is 0 Å². The molecular weight excluding hydrogens is 184 g/mol. The number of hydrogen-bond donors (Lipinski definition) is 1. The van der Waals surface area contributed by atoms with Crippen LogP contribution in [-0.4, -0.2) is 4.98 Å². The van der Waals surface area contributed by atoms with Gasteiger partial charge in [0.15, 0.2) is 0 Å². The zero-order valence-electron chi connectivity index (χ0n) is 8.72. The molecule has 0 fully saturated rings. The van der Waals surface area contributed by atoms with Gasteiger partial charge >= 0.3 is 0 Å². The second-order valence-corrected chi connectivity index (χ2v) is 3.49. The maximum absolute atomic E-state index is 4.23. The highest BCUT2D eigenvalue weighted by Gasteiger charge is 2.03. The quantitative estimate of drug-likeness (QED) is 0.818. The summed E-state index contributed by atoms with van der Waals surface area (Å²) in [5.74, 6) is 0.911. The molecule has 2 nitrogen and oxygen atoms in total. The molecule has 1 aromatic carbocycles.